The summed E-state index contributed by atoms with van der Waals surface area (Å²) in [5.74, 6) is -2.51. The Kier molecular flexibility index (Phi) is 9.01. The fourth-order valence-corrected chi connectivity index (χ4v) is 7.98. The molecule has 222 valence electrons. The number of aliphatic hydroxyl groups excluding tert-OH is 1. The molecule has 3 fully saturated rings. The maximum atomic E-state index is 14.6. The summed E-state index contributed by atoms with van der Waals surface area (Å²) in [5.41, 5.74) is 0.419. The minimum atomic E-state index is -1.22. The Morgan fingerprint density at radius 1 is 1.10 bits per heavy atom. The lowest BCUT2D eigenvalue weighted by atomic mass is 9.70. The molecule has 2 aromatic rings. The molecule has 1 N–H and O–H groups in total. The van der Waals surface area contributed by atoms with Gasteiger partial charge < -0.3 is 24.5 Å². The van der Waals surface area contributed by atoms with Crippen molar-refractivity contribution in [1.82, 2.24) is 9.80 Å². The maximum absolute atomic E-state index is 14.6. The standard InChI is InChI=1S/C33H38BrN3O5/c1-4-17-35(20-22-13-9-7-10-14-22)32(41)29-33-19-25(34)28(42-33)26(27(33)31(40)37(29)23(6-3)21-38)30(39)36(18-5-2)24-15-11-8-12-16-24/h4-5,7-16,23,25-29,38H,1-2,6,17-21H2,3H3/t23-,25?,26+,27-,28+,29?,33?/m0/s1. The average Bonchev–Trinajstić information content (AvgIpc) is 3.60. The second-order valence-corrected chi connectivity index (χ2v) is 12.4. The third kappa shape index (κ3) is 5.01. The van der Waals surface area contributed by atoms with Crippen LogP contribution >= 0.6 is 15.9 Å². The van der Waals surface area contributed by atoms with Crippen molar-refractivity contribution in [2.75, 3.05) is 24.6 Å². The number of para-hydroxylation sites is 1. The first kappa shape index (κ1) is 30.2. The molecule has 42 heavy (non-hydrogen) atoms. The van der Waals surface area contributed by atoms with E-state index in [9.17, 15) is 19.5 Å². The molecule has 2 aromatic carbocycles. The first-order chi connectivity index (χ1) is 20.3. The molecule has 3 unspecified atom stereocenters. The number of nitrogens with zero attached hydrogens (tertiary/aromatic N) is 3. The summed E-state index contributed by atoms with van der Waals surface area (Å²) in [6.07, 6.45) is 3.58. The molecule has 8 nitrogen and oxygen atoms in total. The zero-order valence-electron chi connectivity index (χ0n) is 23.8. The monoisotopic (exact) mass is 635 g/mol. The van der Waals surface area contributed by atoms with E-state index in [0.29, 0.717) is 25.1 Å². The fraction of sp³-hybridized carbons (Fsp3) is 0.424. The number of carbonyl (C=O) groups is 3. The van der Waals surface area contributed by atoms with Gasteiger partial charge in [-0.1, -0.05) is 83.5 Å². The molecule has 2 bridgehead atoms. The first-order valence-corrected chi connectivity index (χ1v) is 15.4. The predicted molar refractivity (Wildman–Crippen MR) is 165 cm³/mol. The SMILES string of the molecule is C=CCN(Cc1ccccc1)C(=O)C1N([C@@H](CC)CO)C(=O)[C@@H]2[C@@H](C(=O)N(CC=C)c3ccccc3)[C@@H]3OC12CC3Br. The van der Waals surface area contributed by atoms with Crippen LogP contribution in [0.25, 0.3) is 0 Å². The molecule has 9 heteroatoms. The molecular weight excluding hydrogens is 598 g/mol. The lowest BCUT2D eigenvalue weighted by molar-refractivity contribution is -0.151. The number of benzene rings is 2. The fourth-order valence-electron chi connectivity index (χ4n) is 7.04. The Labute approximate surface area is 255 Å². The quantitative estimate of drug-likeness (QED) is 0.282. The number of anilines is 1. The molecule has 3 aliphatic heterocycles. The van der Waals surface area contributed by atoms with Gasteiger partial charge >= 0.3 is 0 Å². The van der Waals surface area contributed by atoms with E-state index in [1.165, 1.54) is 4.90 Å². The molecule has 1 spiro atoms. The van der Waals surface area contributed by atoms with Gasteiger partial charge in [0.2, 0.25) is 17.7 Å². The Morgan fingerprint density at radius 3 is 2.33 bits per heavy atom. The Morgan fingerprint density at radius 2 is 1.74 bits per heavy atom. The molecule has 0 saturated carbocycles. The van der Waals surface area contributed by atoms with Crippen molar-refractivity contribution in [3.8, 4) is 0 Å². The van der Waals surface area contributed by atoms with E-state index in [1.54, 1.807) is 22.0 Å². The van der Waals surface area contributed by atoms with Crippen molar-refractivity contribution < 1.29 is 24.2 Å². The molecule has 5 rings (SSSR count). The van der Waals surface area contributed by atoms with Crippen molar-refractivity contribution in [3.05, 3.63) is 91.5 Å². The molecular formula is C33H38BrN3O5. The molecule has 0 aromatic heterocycles. The largest absolute Gasteiger partial charge is 0.394 e. The van der Waals surface area contributed by atoms with Crippen LogP contribution in [-0.4, -0.2) is 80.9 Å². The highest BCUT2D eigenvalue weighted by Gasteiger charge is 2.77. The minimum Gasteiger partial charge on any atom is -0.394 e. The molecule has 3 heterocycles. The van der Waals surface area contributed by atoms with Gasteiger partial charge in [-0.15, -0.1) is 13.2 Å². The van der Waals surface area contributed by atoms with Gasteiger partial charge in [-0.2, -0.15) is 0 Å². The molecule has 3 saturated heterocycles. The molecule has 3 amide bonds. The molecule has 0 radical (unpaired) electrons. The molecule has 3 aliphatic rings. The van der Waals surface area contributed by atoms with Gasteiger partial charge in [0.05, 0.1) is 30.6 Å². The van der Waals surface area contributed by atoms with Gasteiger partial charge in [-0.25, -0.2) is 0 Å². The van der Waals surface area contributed by atoms with Crippen molar-refractivity contribution in [3.63, 3.8) is 0 Å². The van der Waals surface area contributed by atoms with Crippen molar-refractivity contribution >= 4 is 39.3 Å². The number of fused-ring (bicyclic) bond motifs is 1. The van der Waals surface area contributed by atoms with E-state index >= 15 is 0 Å². The summed E-state index contributed by atoms with van der Waals surface area (Å²) in [4.78, 5) is 48.0. The highest BCUT2D eigenvalue weighted by Crippen LogP contribution is 2.61. The third-order valence-corrected chi connectivity index (χ3v) is 9.69. The number of hydrogen-bond acceptors (Lipinski definition) is 5. The van der Waals surface area contributed by atoms with Crippen molar-refractivity contribution in [2.24, 2.45) is 11.8 Å². The second-order valence-electron chi connectivity index (χ2n) is 11.2. The normalized spacial score (nSPS) is 28.3. The highest BCUT2D eigenvalue weighted by molar-refractivity contribution is 9.09. The van der Waals surface area contributed by atoms with E-state index in [2.05, 4.69) is 29.1 Å². The number of amides is 3. The lowest BCUT2D eigenvalue weighted by Crippen LogP contribution is -2.58. The van der Waals surface area contributed by atoms with Crippen LogP contribution in [0.15, 0.2) is 86.0 Å². The van der Waals surface area contributed by atoms with Gasteiger partial charge in [0.1, 0.15) is 11.6 Å². The summed E-state index contributed by atoms with van der Waals surface area (Å²) >= 11 is 3.75. The van der Waals surface area contributed by atoms with Crippen LogP contribution in [0.4, 0.5) is 5.69 Å². The number of rotatable bonds is 12. The number of likely N-dealkylation sites (tertiary alicyclic amines) is 1. The summed E-state index contributed by atoms with van der Waals surface area (Å²) in [7, 11) is 0. The summed E-state index contributed by atoms with van der Waals surface area (Å²) in [6, 6.07) is 17.3. The average molecular weight is 637 g/mol. The predicted octanol–water partition coefficient (Wildman–Crippen LogP) is 3.94. The Bertz CT molecular complexity index is 1320. The number of aliphatic hydroxyl groups is 1. The van der Waals surface area contributed by atoms with Crippen LogP contribution in [0.2, 0.25) is 0 Å². The lowest BCUT2D eigenvalue weighted by Gasteiger charge is -2.39. The zero-order valence-corrected chi connectivity index (χ0v) is 25.4. The number of halogens is 1. The number of hydrogen-bond donors (Lipinski definition) is 1. The van der Waals surface area contributed by atoms with Crippen molar-refractivity contribution in [1.29, 1.82) is 0 Å². The Balaban J connectivity index is 1.58. The summed E-state index contributed by atoms with van der Waals surface area (Å²) in [5, 5.41) is 10.4. The Hall–Kier alpha value is -3.27. The second kappa shape index (κ2) is 12.5. The van der Waals surface area contributed by atoms with E-state index < -0.39 is 35.6 Å². The van der Waals surface area contributed by atoms with Gasteiger partial charge in [-0.3, -0.25) is 14.4 Å². The van der Waals surface area contributed by atoms with Gasteiger partial charge in [0.25, 0.3) is 0 Å². The van der Waals surface area contributed by atoms with Crippen LogP contribution in [0.5, 0.6) is 0 Å². The third-order valence-electron chi connectivity index (χ3n) is 8.84. The highest BCUT2D eigenvalue weighted by atomic mass is 79.9. The summed E-state index contributed by atoms with van der Waals surface area (Å²) < 4.78 is 6.71. The maximum Gasteiger partial charge on any atom is 0.249 e. The van der Waals surface area contributed by atoms with Crippen molar-refractivity contribution in [2.45, 2.75) is 54.9 Å². The molecule has 7 atom stereocenters. The van der Waals surface area contributed by atoms with Crippen LogP contribution in [0.3, 0.4) is 0 Å². The summed E-state index contributed by atoms with van der Waals surface area (Å²) in [6.45, 7) is 10.1. The van der Waals surface area contributed by atoms with E-state index in [4.69, 9.17) is 4.74 Å². The van der Waals surface area contributed by atoms with Crippen LogP contribution < -0.4 is 4.90 Å². The van der Waals surface area contributed by atoms with E-state index in [-0.39, 0.29) is 42.2 Å². The topological polar surface area (TPSA) is 90.4 Å². The molecule has 0 aliphatic carbocycles. The van der Waals surface area contributed by atoms with Crippen LogP contribution in [0.1, 0.15) is 25.3 Å². The minimum absolute atomic E-state index is 0.233. The van der Waals surface area contributed by atoms with E-state index in [0.717, 1.165) is 5.56 Å². The van der Waals surface area contributed by atoms with Gasteiger partial charge in [-0.05, 0) is 30.5 Å². The first-order valence-electron chi connectivity index (χ1n) is 14.5. The van der Waals surface area contributed by atoms with E-state index in [1.807, 2.05) is 67.6 Å². The zero-order chi connectivity index (χ0) is 30.0. The number of alkyl halides is 1. The van der Waals surface area contributed by atoms with Crippen LogP contribution in [-0.2, 0) is 25.7 Å². The number of ether oxygens (including phenoxy) is 1. The van der Waals surface area contributed by atoms with Gasteiger partial charge in [0, 0.05) is 30.1 Å². The van der Waals surface area contributed by atoms with Gasteiger partial charge in [0.15, 0.2) is 0 Å². The number of carbonyl (C=O) groups excluding carboxylic acids is 3. The van der Waals surface area contributed by atoms with Crippen LogP contribution in [0, 0.1) is 11.8 Å². The smallest absolute Gasteiger partial charge is 0.249 e.